The Morgan fingerprint density at radius 1 is 1.29 bits per heavy atom. The number of ether oxygens (including phenoxy) is 1. The third kappa shape index (κ3) is 4.04. The van der Waals surface area contributed by atoms with Crippen LogP contribution >= 0.6 is 12.4 Å². The Labute approximate surface area is 171 Å². The number of halogens is 1. The maximum absolute atomic E-state index is 12.3. The molecule has 4 rings (SSSR count). The van der Waals surface area contributed by atoms with Crippen LogP contribution in [0.15, 0.2) is 36.5 Å². The van der Waals surface area contributed by atoms with E-state index >= 15 is 0 Å². The van der Waals surface area contributed by atoms with E-state index in [1.54, 1.807) is 0 Å². The van der Waals surface area contributed by atoms with Crippen LogP contribution in [0.5, 0.6) is 0 Å². The first-order chi connectivity index (χ1) is 13.1. The fourth-order valence-corrected chi connectivity index (χ4v) is 4.04. The summed E-state index contributed by atoms with van der Waals surface area (Å²) in [4.78, 5) is 23.7. The average Bonchev–Trinajstić information content (AvgIpc) is 2.69. The molecule has 7 heteroatoms. The maximum Gasteiger partial charge on any atom is 0.224 e. The van der Waals surface area contributed by atoms with Crippen molar-refractivity contribution in [2.75, 3.05) is 19.7 Å². The molecule has 28 heavy (non-hydrogen) atoms. The summed E-state index contributed by atoms with van der Waals surface area (Å²) >= 11 is 0. The monoisotopic (exact) mass is 402 g/mol. The van der Waals surface area contributed by atoms with Gasteiger partial charge in [0.05, 0.1) is 12.3 Å². The van der Waals surface area contributed by atoms with Gasteiger partial charge in [-0.3, -0.25) is 4.79 Å². The third-order valence-corrected chi connectivity index (χ3v) is 5.50. The fourth-order valence-electron chi connectivity index (χ4n) is 4.04. The van der Waals surface area contributed by atoms with Crippen molar-refractivity contribution in [3.63, 3.8) is 0 Å². The highest BCUT2D eigenvalue weighted by Gasteiger charge is 2.43. The van der Waals surface area contributed by atoms with Crippen molar-refractivity contribution in [2.24, 2.45) is 5.73 Å². The van der Waals surface area contributed by atoms with Crippen LogP contribution < -0.4 is 5.73 Å². The van der Waals surface area contributed by atoms with Gasteiger partial charge >= 0.3 is 0 Å². The standard InChI is InChI=1S/C21H26N4O2.ClH/c1-15(22)13-18(26)25-10-8-21(9-11-25)19-17(7-12-27-21)14-23-20(24-19)16-5-3-2-4-6-16;/h2-6,14-15H,7-13,22H2,1H3;1H/t15-;/m0./s1. The Hall–Kier alpha value is -2.02. The second kappa shape index (κ2) is 8.55. The molecule has 2 N–H and O–H groups in total. The topological polar surface area (TPSA) is 81.3 Å². The lowest BCUT2D eigenvalue weighted by molar-refractivity contribution is -0.141. The molecule has 3 heterocycles. The number of amides is 1. The molecule has 2 aliphatic heterocycles. The molecular weight excluding hydrogens is 376 g/mol. The Morgan fingerprint density at radius 3 is 2.68 bits per heavy atom. The number of carbonyl (C=O) groups excluding carboxylic acids is 1. The summed E-state index contributed by atoms with van der Waals surface area (Å²) in [5.74, 6) is 0.859. The molecule has 0 saturated carbocycles. The molecule has 1 fully saturated rings. The summed E-state index contributed by atoms with van der Waals surface area (Å²) in [6, 6.07) is 9.91. The number of hydrogen-bond acceptors (Lipinski definition) is 5. The Bertz CT molecular complexity index is 820. The molecule has 2 aliphatic rings. The van der Waals surface area contributed by atoms with Gasteiger partial charge in [-0.15, -0.1) is 12.4 Å². The molecule has 1 atom stereocenters. The van der Waals surface area contributed by atoms with Gasteiger partial charge in [-0.2, -0.15) is 0 Å². The van der Waals surface area contributed by atoms with Crippen molar-refractivity contribution in [3.05, 3.63) is 47.8 Å². The van der Waals surface area contributed by atoms with Gasteiger partial charge in [0.15, 0.2) is 5.82 Å². The van der Waals surface area contributed by atoms with E-state index in [4.69, 9.17) is 15.5 Å². The number of hydrogen-bond donors (Lipinski definition) is 1. The minimum atomic E-state index is -0.412. The molecule has 1 saturated heterocycles. The van der Waals surface area contributed by atoms with E-state index in [1.807, 2.05) is 48.4 Å². The zero-order valence-electron chi connectivity index (χ0n) is 16.1. The Morgan fingerprint density at radius 2 is 2.00 bits per heavy atom. The third-order valence-electron chi connectivity index (χ3n) is 5.50. The van der Waals surface area contributed by atoms with Crippen LogP contribution in [0.4, 0.5) is 0 Å². The molecule has 0 bridgehead atoms. The minimum absolute atomic E-state index is 0. The number of carbonyl (C=O) groups is 1. The molecule has 0 unspecified atom stereocenters. The van der Waals surface area contributed by atoms with Crippen LogP contribution in [0, 0.1) is 0 Å². The van der Waals surface area contributed by atoms with Crippen molar-refractivity contribution in [2.45, 2.75) is 44.2 Å². The number of benzene rings is 1. The Balaban J connectivity index is 0.00000225. The summed E-state index contributed by atoms with van der Waals surface area (Å²) < 4.78 is 6.28. The largest absolute Gasteiger partial charge is 0.368 e. The first-order valence-electron chi connectivity index (χ1n) is 9.66. The molecular formula is C21H27ClN4O2. The summed E-state index contributed by atoms with van der Waals surface area (Å²) in [6.45, 7) is 3.89. The van der Waals surface area contributed by atoms with Crippen LogP contribution in [0.2, 0.25) is 0 Å². The fraction of sp³-hybridized carbons (Fsp3) is 0.476. The van der Waals surface area contributed by atoms with E-state index in [-0.39, 0.29) is 24.4 Å². The number of piperidine rings is 1. The van der Waals surface area contributed by atoms with Crippen LogP contribution in [-0.4, -0.2) is 46.5 Å². The van der Waals surface area contributed by atoms with Gasteiger partial charge in [-0.05, 0) is 31.7 Å². The van der Waals surface area contributed by atoms with E-state index in [0.29, 0.717) is 26.1 Å². The van der Waals surface area contributed by atoms with E-state index in [2.05, 4.69) is 4.98 Å². The van der Waals surface area contributed by atoms with E-state index < -0.39 is 5.60 Å². The van der Waals surface area contributed by atoms with Gasteiger partial charge in [0.1, 0.15) is 5.60 Å². The molecule has 150 valence electrons. The predicted octanol–water partition coefficient (Wildman–Crippen LogP) is 2.69. The predicted molar refractivity (Wildman–Crippen MR) is 110 cm³/mol. The number of fused-ring (bicyclic) bond motifs is 2. The Kier molecular flexibility index (Phi) is 6.33. The summed E-state index contributed by atoms with van der Waals surface area (Å²) in [5.41, 5.74) is 8.54. The quantitative estimate of drug-likeness (QED) is 0.853. The highest BCUT2D eigenvalue weighted by atomic mass is 35.5. The van der Waals surface area contributed by atoms with Crippen LogP contribution in [0.25, 0.3) is 11.4 Å². The lowest BCUT2D eigenvalue weighted by Gasteiger charge is -2.44. The normalized spacial score (nSPS) is 18.9. The van der Waals surface area contributed by atoms with Crippen molar-refractivity contribution >= 4 is 18.3 Å². The lowest BCUT2D eigenvalue weighted by atomic mass is 9.83. The SMILES string of the molecule is C[C@H](N)CC(=O)N1CCC2(CC1)OCCc1cnc(-c3ccccc3)nc12.Cl. The number of likely N-dealkylation sites (tertiary alicyclic amines) is 1. The van der Waals surface area contributed by atoms with Gasteiger partial charge in [0.2, 0.25) is 5.91 Å². The molecule has 2 aromatic rings. The number of nitrogens with zero attached hydrogens (tertiary/aromatic N) is 3. The van der Waals surface area contributed by atoms with Crippen molar-refractivity contribution in [1.82, 2.24) is 14.9 Å². The van der Waals surface area contributed by atoms with Crippen molar-refractivity contribution < 1.29 is 9.53 Å². The molecule has 6 nitrogen and oxygen atoms in total. The maximum atomic E-state index is 12.3. The molecule has 1 aromatic carbocycles. The number of nitrogens with two attached hydrogens (primary N) is 1. The average molecular weight is 403 g/mol. The van der Waals surface area contributed by atoms with Crippen molar-refractivity contribution in [1.29, 1.82) is 0 Å². The summed E-state index contributed by atoms with van der Waals surface area (Å²) in [6.07, 6.45) is 4.69. The zero-order valence-corrected chi connectivity index (χ0v) is 17.0. The van der Waals surface area contributed by atoms with E-state index in [1.165, 1.54) is 0 Å². The molecule has 1 aromatic heterocycles. The smallest absolute Gasteiger partial charge is 0.224 e. The van der Waals surface area contributed by atoms with Crippen molar-refractivity contribution in [3.8, 4) is 11.4 Å². The van der Waals surface area contributed by atoms with Crippen LogP contribution in [-0.2, 0) is 21.6 Å². The molecule has 0 aliphatic carbocycles. The lowest BCUT2D eigenvalue weighted by Crippen LogP contribution is -2.49. The van der Waals surface area contributed by atoms with Gasteiger partial charge in [0.25, 0.3) is 0 Å². The molecule has 1 amide bonds. The van der Waals surface area contributed by atoms with E-state index in [9.17, 15) is 4.79 Å². The minimum Gasteiger partial charge on any atom is -0.368 e. The van der Waals surface area contributed by atoms with E-state index in [0.717, 1.165) is 41.9 Å². The van der Waals surface area contributed by atoms with Crippen LogP contribution in [0.1, 0.15) is 37.4 Å². The highest BCUT2D eigenvalue weighted by Crippen LogP contribution is 2.41. The summed E-state index contributed by atoms with van der Waals surface area (Å²) in [7, 11) is 0. The molecule has 0 radical (unpaired) electrons. The van der Waals surface area contributed by atoms with Gasteiger partial charge in [-0.25, -0.2) is 9.97 Å². The highest BCUT2D eigenvalue weighted by molar-refractivity contribution is 5.85. The molecule has 1 spiro atoms. The summed E-state index contributed by atoms with van der Waals surface area (Å²) in [5, 5.41) is 0. The van der Waals surface area contributed by atoms with Gasteiger partial charge < -0.3 is 15.4 Å². The zero-order chi connectivity index (χ0) is 18.9. The second-order valence-corrected chi connectivity index (χ2v) is 7.59. The van der Waals surface area contributed by atoms with Crippen LogP contribution in [0.3, 0.4) is 0 Å². The first-order valence-corrected chi connectivity index (χ1v) is 9.66. The first kappa shape index (κ1) is 20.7. The van der Waals surface area contributed by atoms with Gasteiger partial charge in [0, 0.05) is 37.3 Å². The van der Waals surface area contributed by atoms with Gasteiger partial charge in [-0.1, -0.05) is 30.3 Å². The second-order valence-electron chi connectivity index (χ2n) is 7.59. The number of rotatable bonds is 3. The number of aromatic nitrogens is 2.